The highest BCUT2D eigenvalue weighted by atomic mass is 79.9. The maximum atomic E-state index is 13.1. The van der Waals surface area contributed by atoms with E-state index in [1.165, 1.54) is 12.1 Å². The van der Waals surface area contributed by atoms with Crippen LogP contribution in [-0.2, 0) is 0 Å². The van der Waals surface area contributed by atoms with E-state index < -0.39 is 11.6 Å². The standard InChI is InChI=1S/C7H3BrFNO2/c8-3-1-2-4-6(5(3)9)10-7(11)12-4/h1-2H,(H,10,11). The van der Waals surface area contributed by atoms with Gasteiger partial charge in [0.05, 0.1) is 4.47 Å². The predicted octanol–water partition coefficient (Wildman–Crippen LogP) is 2.02. The summed E-state index contributed by atoms with van der Waals surface area (Å²) in [5.74, 6) is -1.17. The molecule has 0 amide bonds. The SMILES string of the molecule is O=c1[nH]c2c(F)c(Br)ccc2o1. The fourth-order valence-corrected chi connectivity index (χ4v) is 1.29. The average Bonchev–Trinajstić information content (AvgIpc) is 2.39. The molecule has 0 aliphatic carbocycles. The van der Waals surface area contributed by atoms with Crippen LogP contribution in [0.1, 0.15) is 0 Å². The molecule has 0 spiro atoms. The molecule has 0 aliphatic rings. The molecule has 0 atom stereocenters. The van der Waals surface area contributed by atoms with Crippen LogP contribution in [0.2, 0.25) is 0 Å². The number of nitrogens with one attached hydrogen (secondary N) is 1. The van der Waals surface area contributed by atoms with E-state index in [1.54, 1.807) is 0 Å². The monoisotopic (exact) mass is 231 g/mol. The van der Waals surface area contributed by atoms with E-state index in [0.29, 0.717) is 4.47 Å². The third-order valence-electron chi connectivity index (χ3n) is 1.49. The van der Waals surface area contributed by atoms with Gasteiger partial charge in [0, 0.05) is 0 Å². The minimum absolute atomic E-state index is 0.0920. The van der Waals surface area contributed by atoms with Crippen molar-refractivity contribution in [2.75, 3.05) is 0 Å². The molecule has 0 bridgehead atoms. The average molecular weight is 232 g/mol. The first-order valence-corrected chi connectivity index (χ1v) is 3.94. The van der Waals surface area contributed by atoms with E-state index in [9.17, 15) is 9.18 Å². The Morgan fingerprint density at radius 3 is 3.00 bits per heavy atom. The molecule has 0 aliphatic heterocycles. The molecule has 0 saturated heterocycles. The van der Waals surface area contributed by atoms with Gasteiger partial charge in [-0.25, -0.2) is 9.18 Å². The summed E-state index contributed by atoms with van der Waals surface area (Å²) in [6.07, 6.45) is 0. The Hall–Kier alpha value is -1.10. The number of halogens is 2. The molecule has 0 fully saturated rings. The number of aromatic nitrogens is 1. The summed E-state index contributed by atoms with van der Waals surface area (Å²) in [4.78, 5) is 12.9. The highest BCUT2D eigenvalue weighted by Crippen LogP contribution is 2.21. The van der Waals surface area contributed by atoms with Crippen LogP contribution in [0.3, 0.4) is 0 Å². The van der Waals surface area contributed by atoms with Crippen molar-refractivity contribution in [3.8, 4) is 0 Å². The van der Waals surface area contributed by atoms with Crippen LogP contribution in [0, 0.1) is 5.82 Å². The van der Waals surface area contributed by atoms with Gasteiger partial charge < -0.3 is 4.42 Å². The summed E-state index contributed by atoms with van der Waals surface area (Å²) in [6, 6.07) is 2.99. The van der Waals surface area contributed by atoms with Crippen molar-refractivity contribution in [1.29, 1.82) is 0 Å². The van der Waals surface area contributed by atoms with E-state index in [4.69, 9.17) is 0 Å². The van der Waals surface area contributed by atoms with E-state index in [-0.39, 0.29) is 11.1 Å². The summed E-state index contributed by atoms with van der Waals surface area (Å²) in [5, 5.41) is 0. The predicted molar refractivity (Wildman–Crippen MR) is 44.5 cm³/mol. The largest absolute Gasteiger partial charge is 0.417 e. The Bertz CT molecular complexity index is 488. The van der Waals surface area contributed by atoms with Crippen LogP contribution in [0.25, 0.3) is 11.1 Å². The summed E-state index contributed by atoms with van der Waals surface area (Å²) in [7, 11) is 0. The van der Waals surface area contributed by atoms with Crippen molar-refractivity contribution in [3.63, 3.8) is 0 Å². The molecule has 5 heteroatoms. The molecule has 1 N–H and O–H groups in total. The zero-order valence-corrected chi connectivity index (χ0v) is 7.31. The van der Waals surface area contributed by atoms with Gasteiger partial charge in [0.2, 0.25) is 0 Å². The first-order valence-electron chi connectivity index (χ1n) is 3.15. The van der Waals surface area contributed by atoms with Crippen LogP contribution >= 0.6 is 15.9 Å². The van der Waals surface area contributed by atoms with Gasteiger partial charge in [0.1, 0.15) is 5.52 Å². The Morgan fingerprint density at radius 2 is 2.25 bits per heavy atom. The first kappa shape index (κ1) is 7.54. The van der Waals surface area contributed by atoms with Gasteiger partial charge in [0.15, 0.2) is 11.4 Å². The molecule has 1 heterocycles. The van der Waals surface area contributed by atoms with Crippen LogP contribution in [-0.4, -0.2) is 4.98 Å². The second kappa shape index (κ2) is 2.45. The summed E-state index contributed by atoms with van der Waals surface area (Å²) in [6.45, 7) is 0. The quantitative estimate of drug-likeness (QED) is 0.755. The molecular formula is C7H3BrFNO2. The highest BCUT2D eigenvalue weighted by molar-refractivity contribution is 9.10. The molecule has 1 aromatic heterocycles. The molecule has 12 heavy (non-hydrogen) atoms. The van der Waals surface area contributed by atoms with E-state index in [2.05, 4.69) is 25.3 Å². The number of oxazole rings is 1. The van der Waals surface area contributed by atoms with Gasteiger partial charge in [0.25, 0.3) is 0 Å². The topological polar surface area (TPSA) is 46.0 Å². The molecule has 3 nitrogen and oxygen atoms in total. The van der Waals surface area contributed by atoms with Crippen LogP contribution in [0.5, 0.6) is 0 Å². The van der Waals surface area contributed by atoms with Gasteiger partial charge in [-0.1, -0.05) is 0 Å². The van der Waals surface area contributed by atoms with Gasteiger partial charge in [-0.05, 0) is 28.1 Å². The van der Waals surface area contributed by atoms with Gasteiger partial charge in [-0.15, -0.1) is 0 Å². The Kier molecular flexibility index (Phi) is 1.54. The summed E-state index contributed by atoms with van der Waals surface area (Å²) < 4.78 is 18.1. The Balaban J connectivity index is 2.99. The van der Waals surface area contributed by atoms with Gasteiger partial charge in [-0.2, -0.15) is 0 Å². The van der Waals surface area contributed by atoms with Crippen molar-refractivity contribution in [3.05, 3.63) is 33.0 Å². The second-order valence-corrected chi connectivity index (χ2v) is 3.10. The van der Waals surface area contributed by atoms with Crippen LogP contribution < -0.4 is 5.76 Å². The molecule has 2 rings (SSSR count). The Morgan fingerprint density at radius 1 is 1.50 bits per heavy atom. The number of benzene rings is 1. The minimum atomic E-state index is -0.651. The Labute approximate surface area is 74.3 Å². The smallest absolute Gasteiger partial charge is 0.408 e. The van der Waals surface area contributed by atoms with E-state index in [1.807, 2.05) is 0 Å². The fourth-order valence-electron chi connectivity index (χ4n) is 0.962. The summed E-state index contributed by atoms with van der Waals surface area (Å²) in [5.41, 5.74) is 0.315. The minimum Gasteiger partial charge on any atom is -0.408 e. The van der Waals surface area contributed by atoms with E-state index >= 15 is 0 Å². The number of fused-ring (bicyclic) bond motifs is 1. The molecule has 0 saturated carbocycles. The van der Waals surface area contributed by atoms with Gasteiger partial charge >= 0.3 is 5.76 Å². The highest BCUT2D eigenvalue weighted by Gasteiger charge is 2.08. The second-order valence-electron chi connectivity index (χ2n) is 2.25. The number of hydrogen-bond donors (Lipinski definition) is 1. The first-order chi connectivity index (χ1) is 5.68. The molecule has 62 valence electrons. The number of aromatic amines is 1. The number of hydrogen-bond acceptors (Lipinski definition) is 2. The van der Waals surface area contributed by atoms with E-state index in [0.717, 1.165) is 0 Å². The van der Waals surface area contributed by atoms with Crippen molar-refractivity contribution < 1.29 is 8.81 Å². The van der Waals surface area contributed by atoms with Crippen molar-refractivity contribution >= 4 is 27.0 Å². The van der Waals surface area contributed by atoms with Crippen molar-refractivity contribution in [2.24, 2.45) is 0 Å². The lowest BCUT2D eigenvalue weighted by atomic mass is 10.3. The third-order valence-corrected chi connectivity index (χ3v) is 2.10. The maximum absolute atomic E-state index is 13.1. The van der Waals surface area contributed by atoms with Gasteiger partial charge in [-0.3, -0.25) is 4.98 Å². The lowest BCUT2D eigenvalue weighted by Crippen LogP contribution is -1.93. The van der Waals surface area contributed by atoms with Crippen molar-refractivity contribution in [1.82, 2.24) is 4.98 Å². The summed E-state index contributed by atoms with van der Waals surface area (Å²) >= 11 is 2.99. The molecule has 0 radical (unpaired) electrons. The molecule has 2 aromatic rings. The lowest BCUT2D eigenvalue weighted by molar-refractivity contribution is 0.555. The number of H-pyrrole nitrogens is 1. The fraction of sp³-hybridized carbons (Fsp3) is 0. The van der Waals surface area contributed by atoms with Crippen LogP contribution in [0.15, 0.2) is 25.8 Å². The number of rotatable bonds is 0. The molecular weight excluding hydrogens is 229 g/mol. The lowest BCUT2D eigenvalue weighted by Gasteiger charge is -1.91. The zero-order chi connectivity index (χ0) is 8.72. The normalized spacial score (nSPS) is 10.8. The molecule has 0 unspecified atom stereocenters. The van der Waals surface area contributed by atoms with Crippen LogP contribution in [0.4, 0.5) is 4.39 Å². The zero-order valence-electron chi connectivity index (χ0n) is 5.73. The van der Waals surface area contributed by atoms with Crippen molar-refractivity contribution in [2.45, 2.75) is 0 Å². The molecule has 1 aromatic carbocycles. The maximum Gasteiger partial charge on any atom is 0.417 e. The third kappa shape index (κ3) is 0.972.